The molecule has 0 saturated carbocycles. The third-order valence-corrected chi connectivity index (χ3v) is 2.68. The first-order valence-electron chi connectivity index (χ1n) is 6.08. The summed E-state index contributed by atoms with van der Waals surface area (Å²) in [6.07, 6.45) is 0.646. The van der Waals surface area contributed by atoms with Crippen LogP contribution < -0.4 is 5.32 Å². The molecule has 0 radical (unpaired) electrons. The van der Waals surface area contributed by atoms with Crippen molar-refractivity contribution in [1.82, 2.24) is 10.2 Å². The molecule has 1 unspecified atom stereocenters. The van der Waals surface area contributed by atoms with Crippen LogP contribution >= 0.6 is 0 Å². The Morgan fingerprint density at radius 3 is 2.41 bits per heavy atom. The van der Waals surface area contributed by atoms with Gasteiger partial charge in [-0.2, -0.15) is 0 Å². The molecule has 0 aliphatic rings. The van der Waals surface area contributed by atoms with Gasteiger partial charge in [0.2, 0.25) is 0 Å². The highest BCUT2D eigenvalue weighted by Gasteiger charge is 2.37. The van der Waals surface area contributed by atoms with Crippen molar-refractivity contribution >= 4 is 5.97 Å². The first-order chi connectivity index (χ1) is 8.02. The maximum atomic E-state index is 12.0. The highest BCUT2D eigenvalue weighted by molar-refractivity contribution is 5.81. The summed E-state index contributed by atoms with van der Waals surface area (Å²) in [4.78, 5) is 14.0. The van der Waals surface area contributed by atoms with Crippen molar-refractivity contribution in [1.29, 1.82) is 0 Å². The molecule has 5 nitrogen and oxygen atoms in total. The monoisotopic (exact) mass is 246 g/mol. The van der Waals surface area contributed by atoms with Gasteiger partial charge in [-0.05, 0) is 27.4 Å². The zero-order chi connectivity index (χ0) is 13.3. The minimum Gasteiger partial charge on any atom is -0.465 e. The summed E-state index contributed by atoms with van der Waals surface area (Å²) >= 11 is 0. The highest BCUT2D eigenvalue weighted by Crippen LogP contribution is 2.13. The number of hydrogen-bond acceptors (Lipinski definition) is 5. The Hall–Kier alpha value is -0.650. The molecular formula is C12H26N2O3. The number of methoxy groups -OCH3 is 1. The lowest BCUT2D eigenvalue weighted by Gasteiger charge is -2.31. The first-order valence-corrected chi connectivity index (χ1v) is 6.08. The van der Waals surface area contributed by atoms with Gasteiger partial charge in [-0.25, -0.2) is 4.79 Å². The predicted octanol–water partition coefficient (Wildman–Crippen LogP) is 0.496. The molecule has 17 heavy (non-hydrogen) atoms. The van der Waals surface area contributed by atoms with Crippen LogP contribution in [0.1, 0.15) is 20.3 Å². The number of likely N-dealkylation sites (N-methyl/N-ethyl adjacent to an activating group) is 1. The van der Waals surface area contributed by atoms with Gasteiger partial charge in [0.05, 0.1) is 13.2 Å². The van der Waals surface area contributed by atoms with Gasteiger partial charge in [-0.1, -0.05) is 6.92 Å². The van der Waals surface area contributed by atoms with E-state index >= 15 is 0 Å². The minimum atomic E-state index is -0.721. The quantitative estimate of drug-likeness (QED) is 0.600. The van der Waals surface area contributed by atoms with E-state index in [0.717, 1.165) is 13.1 Å². The van der Waals surface area contributed by atoms with E-state index in [4.69, 9.17) is 9.47 Å². The molecule has 102 valence electrons. The van der Waals surface area contributed by atoms with E-state index in [1.54, 1.807) is 7.11 Å². The van der Waals surface area contributed by atoms with Crippen molar-refractivity contribution in [3.8, 4) is 0 Å². The maximum absolute atomic E-state index is 12.0. The molecule has 0 aromatic heterocycles. The van der Waals surface area contributed by atoms with E-state index in [9.17, 15) is 4.79 Å². The van der Waals surface area contributed by atoms with E-state index in [0.29, 0.717) is 19.6 Å². The van der Waals surface area contributed by atoms with Crippen LogP contribution in [0.25, 0.3) is 0 Å². The number of ether oxygens (including phenoxy) is 2. The number of nitrogens with one attached hydrogen (secondary N) is 1. The SMILES string of the molecule is CCOC(=O)C(CC)(COC)NCCN(C)C. The number of esters is 1. The standard InChI is InChI=1S/C12H26N2O3/c1-6-12(10-16-5,11(15)17-7-2)13-8-9-14(3)4/h13H,6-10H2,1-5H3. The fraction of sp³-hybridized carbons (Fsp3) is 0.917. The molecule has 0 aromatic rings. The zero-order valence-electron chi connectivity index (χ0n) is 11.7. The van der Waals surface area contributed by atoms with Crippen LogP contribution in [0.5, 0.6) is 0 Å². The van der Waals surface area contributed by atoms with Crippen molar-refractivity contribution in [2.75, 3.05) is 47.5 Å². The van der Waals surface area contributed by atoms with Gasteiger partial charge in [-0.15, -0.1) is 0 Å². The lowest BCUT2D eigenvalue weighted by atomic mass is 9.97. The summed E-state index contributed by atoms with van der Waals surface area (Å²) in [5, 5.41) is 3.26. The average Bonchev–Trinajstić information content (AvgIpc) is 2.27. The van der Waals surface area contributed by atoms with Gasteiger partial charge in [-0.3, -0.25) is 5.32 Å². The molecule has 0 aromatic carbocycles. The van der Waals surface area contributed by atoms with Crippen LogP contribution in [-0.4, -0.2) is 63.9 Å². The van der Waals surface area contributed by atoms with Crippen LogP contribution in [0.2, 0.25) is 0 Å². The molecule has 0 rings (SSSR count). The third-order valence-electron chi connectivity index (χ3n) is 2.68. The maximum Gasteiger partial charge on any atom is 0.328 e. The van der Waals surface area contributed by atoms with Gasteiger partial charge < -0.3 is 14.4 Å². The largest absolute Gasteiger partial charge is 0.465 e. The Kier molecular flexibility index (Phi) is 8.12. The fourth-order valence-electron chi connectivity index (χ4n) is 1.59. The fourth-order valence-corrected chi connectivity index (χ4v) is 1.59. The van der Waals surface area contributed by atoms with Crippen LogP contribution in [0.15, 0.2) is 0 Å². The smallest absolute Gasteiger partial charge is 0.328 e. The Labute approximate surface area is 104 Å². The summed E-state index contributed by atoms with van der Waals surface area (Å²) in [6.45, 7) is 6.08. The molecule has 0 bridgehead atoms. The Balaban J connectivity index is 4.51. The Morgan fingerprint density at radius 1 is 1.35 bits per heavy atom. The molecular weight excluding hydrogens is 220 g/mol. The number of carbonyl (C=O) groups is 1. The van der Waals surface area contributed by atoms with Gasteiger partial charge in [0, 0.05) is 20.2 Å². The van der Waals surface area contributed by atoms with Gasteiger partial charge in [0.25, 0.3) is 0 Å². The Bertz CT molecular complexity index is 222. The zero-order valence-corrected chi connectivity index (χ0v) is 11.7. The number of hydrogen-bond donors (Lipinski definition) is 1. The summed E-state index contributed by atoms with van der Waals surface area (Å²) in [7, 11) is 5.59. The number of rotatable bonds is 9. The van der Waals surface area contributed by atoms with Crippen LogP contribution in [0, 0.1) is 0 Å². The summed E-state index contributed by atoms with van der Waals surface area (Å²) in [6, 6.07) is 0. The molecule has 0 aliphatic heterocycles. The lowest BCUT2D eigenvalue weighted by Crippen LogP contribution is -2.57. The summed E-state index contributed by atoms with van der Waals surface area (Å²) in [5.41, 5.74) is -0.721. The minimum absolute atomic E-state index is 0.233. The van der Waals surface area contributed by atoms with Crippen LogP contribution in [0.3, 0.4) is 0 Å². The van der Waals surface area contributed by atoms with E-state index in [1.807, 2.05) is 27.9 Å². The van der Waals surface area contributed by atoms with Crippen LogP contribution in [-0.2, 0) is 14.3 Å². The second-order valence-corrected chi connectivity index (χ2v) is 4.32. The highest BCUT2D eigenvalue weighted by atomic mass is 16.5. The molecule has 0 heterocycles. The van der Waals surface area contributed by atoms with Gasteiger partial charge in [0.15, 0.2) is 0 Å². The predicted molar refractivity (Wildman–Crippen MR) is 68.1 cm³/mol. The van der Waals surface area contributed by atoms with Crippen molar-refractivity contribution < 1.29 is 14.3 Å². The lowest BCUT2D eigenvalue weighted by molar-refractivity contribution is -0.154. The summed E-state index contributed by atoms with van der Waals surface area (Å²) < 4.78 is 10.3. The molecule has 1 atom stereocenters. The van der Waals surface area contributed by atoms with E-state index < -0.39 is 5.54 Å². The Morgan fingerprint density at radius 2 is 2.00 bits per heavy atom. The topological polar surface area (TPSA) is 50.8 Å². The van der Waals surface area contributed by atoms with Crippen molar-refractivity contribution in [2.45, 2.75) is 25.8 Å². The molecule has 0 amide bonds. The number of carbonyl (C=O) groups excluding carboxylic acids is 1. The molecule has 0 fully saturated rings. The third kappa shape index (κ3) is 5.48. The van der Waals surface area contributed by atoms with Crippen molar-refractivity contribution in [2.24, 2.45) is 0 Å². The first kappa shape index (κ1) is 16.4. The van der Waals surface area contributed by atoms with Gasteiger partial charge in [0.1, 0.15) is 5.54 Å². The second kappa shape index (κ2) is 8.44. The normalized spacial score (nSPS) is 14.7. The second-order valence-electron chi connectivity index (χ2n) is 4.32. The molecule has 0 spiro atoms. The molecule has 5 heteroatoms. The summed E-state index contributed by atoms with van der Waals surface area (Å²) in [5.74, 6) is -0.233. The van der Waals surface area contributed by atoms with E-state index in [1.165, 1.54) is 0 Å². The van der Waals surface area contributed by atoms with Crippen LogP contribution in [0.4, 0.5) is 0 Å². The molecule has 0 aliphatic carbocycles. The molecule has 1 N–H and O–H groups in total. The van der Waals surface area contributed by atoms with Crippen molar-refractivity contribution in [3.05, 3.63) is 0 Å². The number of nitrogens with zero attached hydrogens (tertiary/aromatic N) is 1. The van der Waals surface area contributed by atoms with Crippen molar-refractivity contribution in [3.63, 3.8) is 0 Å². The molecule has 0 saturated heterocycles. The van der Waals surface area contributed by atoms with E-state index in [-0.39, 0.29) is 5.97 Å². The van der Waals surface area contributed by atoms with E-state index in [2.05, 4.69) is 10.2 Å². The average molecular weight is 246 g/mol. The van der Waals surface area contributed by atoms with Gasteiger partial charge >= 0.3 is 5.97 Å².